The average Bonchev–Trinajstić information content (AvgIpc) is 2.11. The van der Waals surface area contributed by atoms with Crippen LogP contribution in [-0.2, 0) is 14.4 Å². The summed E-state index contributed by atoms with van der Waals surface area (Å²) in [4.78, 5) is 31.8. The maximum absolute atomic E-state index is 10.6. The largest absolute Gasteiger partial charge is 0.480 e. The first kappa shape index (κ1) is 12.0. The fraction of sp³-hybridized carbons (Fsp3) is 0.571. The Balaban J connectivity index is 4.29. The third-order valence-corrected chi connectivity index (χ3v) is 2.13. The highest BCUT2D eigenvalue weighted by atomic mass is 32.2. The van der Waals surface area contributed by atoms with Gasteiger partial charge >= 0.3 is 5.97 Å². The van der Waals surface area contributed by atoms with Crippen molar-refractivity contribution in [2.45, 2.75) is 12.5 Å². The van der Waals surface area contributed by atoms with Gasteiger partial charge in [0.2, 0.25) is 12.8 Å². The van der Waals surface area contributed by atoms with E-state index in [1.165, 1.54) is 11.8 Å². The lowest BCUT2D eigenvalue weighted by molar-refractivity contribution is -0.149. The van der Waals surface area contributed by atoms with E-state index in [-0.39, 0.29) is 19.2 Å². The van der Waals surface area contributed by atoms with Crippen molar-refractivity contribution < 1.29 is 19.5 Å². The number of carboxylic acids is 1. The maximum atomic E-state index is 10.6. The Bertz CT molecular complexity index is 189. The molecule has 0 saturated carbocycles. The van der Waals surface area contributed by atoms with Crippen molar-refractivity contribution >= 4 is 30.6 Å². The molecule has 0 aromatic rings. The van der Waals surface area contributed by atoms with E-state index < -0.39 is 12.0 Å². The van der Waals surface area contributed by atoms with Gasteiger partial charge in [-0.15, -0.1) is 0 Å². The Morgan fingerprint density at radius 1 is 1.54 bits per heavy atom. The summed E-state index contributed by atoms with van der Waals surface area (Å²) in [5, 5.41) is 8.66. The molecule has 0 radical (unpaired) electrons. The Morgan fingerprint density at radius 3 is 2.38 bits per heavy atom. The van der Waals surface area contributed by atoms with E-state index in [4.69, 9.17) is 5.11 Å². The van der Waals surface area contributed by atoms with E-state index in [1.807, 2.05) is 6.26 Å². The van der Waals surface area contributed by atoms with E-state index in [1.54, 1.807) is 0 Å². The van der Waals surface area contributed by atoms with Crippen LogP contribution in [0.3, 0.4) is 0 Å². The number of amides is 2. The second-order valence-corrected chi connectivity index (χ2v) is 3.28. The van der Waals surface area contributed by atoms with Crippen LogP contribution in [0.5, 0.6) is 0 Å². The average molecular weight is 205 g/mol. The summed E-state index contributed by atoms with van der Waals surface area (Å²) in [5.74, 6) is -0.567. The van der Waals surface area contributed by atoms with Gasteiger partial charge < -0.3 is 5.11 Å². The summed E-state index contributed by atoms with van der Waals surface area (Å²) in [6, 6.07) is -1.04. The minimum Gasteiger partial charge on any atom is -0.480 e. The van der Waals surface area contributed by atoms with Crippen molar-refractivity contribution in [3.05, 3.63) is 0 Å². The van der Waals surface area contributed by atoms with E-state index in [2.05, 4.69) is 0 Å². The zero-order valence-electron chi connectivity index (χ0n) is 7.17. The topological polar surface area (TPSA) is 74.7 Å². The van der Waals surface area contributed by atoms with Gasteiger partial charge in [-0.2, -0.15) is 11.8 Å². The lowest BCUT2D eigenvalue weighted by atomic mass is 10.2. The van der Waals surface area contributed by atoms with Gasteiger partial charge in [0.05, 0.1) is 0 Å². The molecule has 5 nitrogen and oxygen atoms in total. The van der Waals surface area contributed by atoms with Gasteiger partial charge in [0.15, 0.2) is 0 Å². The van der Waals surface area contributed by atoms with Crippen LogP contribution in [0.2, 0.25) is 0 Å². The van der Waals surface area contributed by atoms with Crippen LogP contribution in [0.1, 0.15) is 6.42 Å². The fourth-order valence-electron chi connectivity index (χ4n) is 0.801. The molecule has 0 bridgehead atoms. The lowest BCUT2D eigenvalue weighted by Gasteiger charge is -2.17. The van der Waals surface area contributed by atoms with Gasteiger partial charge in [-0.1, -0.05) is 0 Å². The standard InChI is InChI=1S/C7H11NO4S/c1-13-3-2-6(7(11)12)8(4-9)5-10/h4-6H,2-3H2,1H3,(H,11,12)/t6-/m0/s1. The highest BCUT2D eigenvalue weighted by Crippen LogP contribution is 2.05. The van der Waals surface area contributed by atoms with E-state index in [9.17, 15) is 14.4 Å². The van der Waals surface area contributed by atoms with Gasteiger partial charge in [0.25, 0.3) is 0 Å². The van der Waals surface area contributed by atoms with Crippen molar-refractivity contribution in [1.82, 2.24) is 4.90 Å². The predicted molar refractivity (Wildman–Crippen MR) is 48.4 cm³/mol. The molecule has 0 aromatic carbocycles. The van der Waals surface area contributed by atoms with Crippen molar-refractivity contribution in [3.63, 3.8) is 0 Å². The quantitative estimate of drug-likeness (QED) is 0.583. The number of carboxylic acid groups (broad SMARTS) is 1. The second-order valence-electron chi connectivity index (χ2n) is 2.29. The minimum atomic E-state index is -1.16. The molecule has 0 fully saturated rings. The molecule has 0 heterocycles. The molecule has 0 saturated heterocycles. The van der Waals surface area contributed by atoms with Gasteiger partial charge in [0.1, 0.15) is 6.04 Å². The molecule has 13 heavy (non-hydrogen) atoms. The predicted octanol–water partition coefficient (Wildman–Crippen LogP) is -0.193. The molecule has 0 aliphatic rings. The van der Waals surface area contributed by atoms with Crippen molar-refractivity contribution in [3.8, 4) is 0 Å². The zero-order chi connectivity index (χ0) is 10.3. The number of aliphatic carboxylic acids is 1. The Labute approximate surface area is 80.1 Å². The molecule has 0 aromatic heterocycles. The van der Waals surface area contributed by atoms with Crippen LogP contribution < -0.4 is 0 Å². The zero-order valence-corrected chi connectivity index (χ0v) is 7.99. The van der Waals surface area contributed by atoms with E-state index >= 15 is 0 Å². The molecule has 0 unspecified atom stereocenters. The monoisotopic (exact) mass is 205 g/mol. The molecule has 6 heteroatoms. The molecule has 74 valence electrons. The van der Waals surface area contributed by atoms with Gasteiger partial charge in [-0.3, -0.25) is 14.5 Å². The molecule has 1 N–H and O–H groups in total. The van der Waals surface area contributed by atoms with Gasteiger partial charge in [-0.05, 0) is 18.4 Å². The lowest BCUT2D eigenvalue weighted by Crippen LogP contribution is -2.39. The SMILES string of the molecule is CSCC[C@@H](C(=O)O)N(C=O)C=O. The Hall–Kier alpha value is -1.04. The fourth-order valence-corrected chi connectivity index (χ4v) is 1.26. The molecule has 0 spiro atoms. The van der Waals surface area contributed by atoms with E-state index in [0.717, 1.165) is 0 Å². The number of hydrogen-bond acceptors (Lipinski definition) is 4. The third kappa shape index (κ3) is 3.93. The summed E-state index contributed by atoms with van der Waals surface area (Å²) < 4.78 is 0. The van der Waals surface area contributed by atoms with Gasteiger partial charge in [-0.25, -0.2) is 4.79 Å². The molecule has 0 aliphatic carbocycles. The Morgan fingerprint density at radius 2 is 2.08 bits per heavy atom. The summed E-state index contributed by atoms with van der Waals surface area (Å²) in [6.07, 6.45) is 2.55. The molecular formula is C7H11NO4S. The highest BCUT2D eigenvalue weighted by molar-refractivity contribution is 7.98. The van der Waals surface area contributed by atoms with Crippen LogP contribution in [0.25, 0.3) is 0 Å². The second kappa shape index (κ2) is 6.47. The number of carbonyl (C=O) groups excluding carboxylic acids is 2. The molecule has 0 rings (SSSR count). The molecular weight excluding hydrogens is 194 g/mol. The number of thioether (sulfide) groups is 1. The minimum absolute atomic E-state index is 0.228. The number of carbonyl (C=O) groups is 3. The summed E-state index contributed by atoms with van der Waals surface area (Å²) in [7, 11) is 0. The first-order chi connectivity index (χ1) is 6.17. The highest BCUT2D eigenvalue weighted by Gasteiger charge is 2.23. The van der Waals surface area contributed by atoms with Crippen LogP contribution in [0.15, 0.2) is 0 Å². The number of nitrogens with zero attached hydrogens (tertiary/aromatic N) is 1. The first-order valence-electron chi connectivity index (χ1n) is 3.57. The molecule has 1 atom stereocenters. The van der Waals surface area contributed by atoms with Crippen LogP contribution >= 0.6 is 11.8 Å². The summed E-state index contributed by atoms with van der Waals surface area (Å²) in [6.45, 7) is 0. The number of rotatable bonds is 7. The maximum Gasteiger partial charge on any atom is 0.326 e. The summed E-state index contributed by atoms with van der Waals surface area (Å²) >= 11 is 1.46. The van der Waals surface area contributed by atoms with Crippen molar-refractivity contribution in [2.75, 3.05) is 12.0 Å². The third-order valence-electron chi connectivity index (χ3n) is 1.48. The van der Waals surface area contributed by atoms with Crippen molar-refractivity contribution in [2.24, 2.45) is 0 Å². The van der Waals surface area contributed by atoms with Crippen LogP contribution in [0.4, 0.5) is 0 Å². The van der Waals surface area contributed by atoms with Crippen LogP contribution in [-0.4, -0.2) is 46.8 Å². The number of imide groups is 1. The first-order valence-corrected chi connectivity index (χ1v) is 4.96. The van der Waals surface area contributed by atoms with E-state index in [0.29, 0.717) is 10.7 Å². The number of hydrogen-bond donors (Lipinski definition) is 1. The van der Waals surface area contributed by atoms with Gasteiger partial charge in [0, 0.05) is 0 Å². The molecule has 0 aliphatic heterocycles. The van der Waals surface area contributed by atoms with Crippen molar-refractivity contribution in [1.29, 1.82) is 0 Å². The smallest absolute Gasteiger partial charge is 0.326 e. The Kier molecular flexibility index (Phi) is 5.96. The summed E-state index contributed by atoms with van der Waals surface area (Å²) in [5.41, 5.74) is 0. The van der Waals surface area contributed by atoms with Crippen LogP contribution in [0, 0.1) is 0 Å². The normalized spacial score (nSPS) is 11.8. The molecule has 2 amide bonds.